The molecule has 21 heavy (non-hydrogen) atoms. The largest absolute Gasteiger partial charge is 0.363 e. The number of hydrogen-bond donors (Lipinski definition) is 1. The molecule has 5 heteroatoms. The van der Waals surface area contributed by atoms with Crippen LogP contribution in [0, 0.1) is 0 Å². The standard InChI is InChI=1S/C16H18ClN3S/c1-19(2)10-12-11-21-16(14-7-5-9-18-14)20(12)15-8-4-3-6-13(15)17/h3-6,8-9,11,18H,7,10H2,1-2H3. The summed E-state index contributed by atoms with van der Waals surface area (Å²) < 4.78 is 0. The number of para-hydroxylation sites is 1. The third-order valence-electron chi connectivity index (χ3n) is 3.32. The number of allylic oxidation sites excluding steroid dienone is 1. The Morgan fingerprint density at radius 1 is 1.33 bits per heavy atom. The number of nitrogens with one attached hydrogen (secondary N) is 1. The first-order valence-electron chi connectivity index (χ1n) is 6.86. The van der Waals surface area contributed by atoms with Gasteiger partial charge in [-0.15, -0.1) is 0 Å². The summed E-state index contributed by atoms with van der Waals surface area (Å²) in [5.74, 6) is 0. The van der Waals surface area contributed by atoms with Crippen molar-refractivity contribution >= 4 is 29.1 Å². The van der Waals surface area contributed by atoms with Crippen LogP contribution in [0.4, 0.5) is 5.69 Å². The van der Waals surface area contributed by atoms with E-state index in [4.69, 9.17) is 11.6 Å². The van der Waals surface area contributed by atoms with Gasteiger partial charge in [0, 0.05) is 18.7 Å². The highest BCUT2D eigenvalue weighted by Crippen LogP contribution is 2.43. The van der Waals surface area contributed by atoms with Crippen molar-refractivity contribution in [2.75, 3.05) is 25.5 Å². The normalized spacial score (nSPS) is 21.1. The van der Waals surface area contributed by atoms with Gasteiger partial charge in [-0.25, -0.2) is 0 Å². The van der Waals surface area contributed by atoms with Gasteiger partial charge < -0.3 is 15.1 Å². The fourth-order valence-electron chi connectivity index (χ4n) is 2.44. The highest BCUT2D eigenvalue weighted by Gasteiger charge is 2.28. The van der Waals surface area contributed by atoms with Crippen LogP contribution in [0.3, 0.4) is 0 Å². The number of anilines is 1. The van der Waals surface area contributed by atoms with Crippen molar-refractivity contribution in [1.82, 2.24) is 10.2 Å². The molecule has 1 aromatic rings. The van der Waals surface area contributed by atoms with Crippen LogP contribution in [0.1, 0.15) is 6.42 Å². The number of thioether (sulfide) groups is 1. The first-order chi connectivity index (χ1) is 10.2. The van der Waals surface area contributed by atoms with E-state index < -0.39 is 0 Å². The highest BCUT2D eigenvalue weighted by atomic mass is 35.5. The summed E-state index contributed by atoms with van der Waals surface area (Å²) in [5, 5.41) is 7.54. The molecule has 1 N–H and O–H groups in total. The average Bonchev–Trinajstić information content (AvgIpc) is 3.08. The van der Waals surface area contributed by atoms with E-state index in [1.165, 1.54) is 16.4 Å². The zero-order chi connectivity index (χ0) is 14.8. The second-order valence-electron chi connectivity index (χ2n) is 5.29. The second kappa shape index (κ2) is 6.18. The Morgan fingerprint density at radius 3 is 2.81 bits per heavy atom. The third-order valence-corrected chi connectivity index (χ3v) is 4.69. The SMILES string of the molecule is CN(C)CC1=CSC(=C2CC=CN2)N1c1ccccc1Cl. The Morgan fingerprint density at radius 2 is 2.14 bits per heavy atom. The molecule has 0 aliphatic carbocycles. The molecule has 0 fully saturated rings. The Bertz CT molecular complexity index is 624. The molecule has 2 heterocycles. The Hall–Kier alpha value is -1.36. The van der Waals surface area contributed by atoms with Gasteiger partial charge in [-0.3, -0.25) is 0 Å². The molecule has 0 unspecified atom stereocenters. The summed E-state index contributed by atoms with van der Waals surface area (Å²) in [6, 6.07) is 8.00. The number of benzene rings is 1. The predicted octanol–water partition coefficient (Wildman–Crippen LogP) is 3.97. The zero-order valence-electron chi connectivity index (χ0n) is 12.1. The molecular formula is C16H18ClN3S. The Kier molecular flexibility index (Phi) is 4.29. The molecule has 0 saturated heterocycles. The van der Waals surface area contributed by atoms with Crippen molar-refractivity contribution in [3.05, 3.63) is 63.4 Å². The van der Waals surface area contributed by atoms with Crippen LogP contribution in [0.2, 0.25) is 5.02 Å². The maximum atomic E-state index is 6.43. The minimum atomic E-state index is 0.772. The predicted molar refractivity (Wildman–Crippen MR) is 92.1 cm³/mol. The molecule has 1 aromatic carbocycles. The van der Waals surface area contributed by atoms with Gasteiger partial charge in [0.25, 0.3) is 0 Å². The summed E-state index contributed by atoms with van der Waals surface area (Å²) in [6.07, 6.45) is 5.07. The van der Waals surface area contributed by atoms with Crippen molar-refractivity contribution < 1.29 is 0 Å². The van der Waals surface area contributed by atoms with Gasteiger partial charge in [-0.05, 0) is 37.8 Å². The number of rotatable bonds is 3. The summed E-state index contributed by atoms with van der Waals surface area (Å²) in [5.41, 5.74) is 3.51. The van der Waals surface area contributed by atoms with E-state index in [1.807, 2.05) is 24.4 Å². The molecule has 2 aliphatic heterocycles. The first-order valence-corrected chi connectivity index (χ1v) is 8.12. The van der Waals surface area contributed by atoms with Crippen LogP contribution in [-0.2, 0) is 0 Å². The minimum absolute atomic E-state index is 0.772. The molecule has 3 rings (SSSR count). The zero-order valence-corrected chi connectivity index (χ0v) is 13.7. The number of nitrogens with zero attached hydrogens (tertiary/aromatic N) is 2. The van der Waals surface area contributed by atoms with E-state index in [0.29, 0.717) is 0 Å². The van der Waals surface area contributed by atoms with Crippen molar-refractivity contribution in [2.45, 2.75) is 6.42 Å². The van der Waals surface area contributed by atoms with Crippen molar-refractivity contribution in [3.63, 3.8) is 0 Å². The smallest absolute Gasteiger partial charge is 0.104 e. The fourth-order valence-corrected chi connectivity index (χ4v) is 3.69. The Balaban J connectivity index is 2.02. The summed E-state index contributed by atoms with van der Waals surface area (Å²) in [7, 11) is 4.16. The fraction of sp³-hybridized carbons (Fsp3) is 0.250. The molecular weight excluding hydrogens is 302 g/mol. The van der Waals surface area contributed by atoms with Crippen LogP contribution in [0.5, 0.6) is 0 Å². The van der Waals surface area contributed by atoms with Gasteiger partial charge in [0.2, 0.25) is 0 Å². The molecule has 0 spiro atoms. The molecule has 110 valence electrons. The second-order valence-corrected chi connectivity index (χ2v) is 6.55. The maximum absolute atomic E-state index is 6.43. The van der Waals surface area contributed by atoms with E-state index in [9.17, 15) is 0 Å². The summed E-state index contributed by atoms with van der Waals surface area (Å²) in [4.78, 5) is 4.44. The molecule has 0 aromatic heterocycles. The molecule has 0 bridgehead atoms. The molecule has 3 nitrogen and oxygen atoms in total. The summed E-state index contributed by atoms with van der Waals surface area (Å²) >= 11 is 8.18. The van der Waals surface area contributed by atoms with Crippen LogP contribution in [0.25, 0.3) is 0 Å². The molecule has 0 amide bonds. The lowest BCUT2D eigenvalue weighted by molar-refractivity contribution is 0.443. The van der Waals surface area contributed by atoms with E-state index in [0.717, 1.165) is 23.7 Å². The highest BCUT2D eigenvalue weighted by molar-refractivity contribution is 8.06. The van der Waals surface area contributed by atoms with Crippen LogP contribution in [0.15, 0.2) is 58.4 Å². The van der Waals surface area contributed by atoms with Gasteiger partial charge in [0.1, 0.15) is 5.03 Å². The lowest BCUT2D eigenvalue weighted by Gasteiger charge is -2.27. The van der Waals surface area contributed by atoms with Gasteiger partial charge in [0.15, 0.2) is 0 Å². The van der Waals surface area contributed by atoms with E-state index in [2.05, 4.69) is 46.8 Å². The number of likely N-dealkylation sites (N-methyl/N-ethyl adjacent to an activating group) is 1. The van der Waals surface area contributed by atoms with Crippen LogP contribution >= 0.6 is 23.4 Å². The molecule has 2 aliphatic rings. The minimum Gasteiger partial charge on any atom is -0.363 e. The lowest BCUT2D eigenvalue weighted by Crippen LogP contribution is -2.27. The molecule has 0 saturated carbocycles. The van der Waals surface area contributed by atoms with Gasteiger partial charge >= 0.3 is 0 Å². The monoisotopic (exact) mass is 319 g/mol. The molecule has 0 atom stereocenters. The van der Waals surface area contributed by atoms with Crippen LogP contribution in [-0.4, -0.2) is 25.5 Å². The Labute approximate surface area is 134 Å². The first kappa shape index (κ1) is 14.6. The van der Waals surface area contributed by atoms with E-state index in [1.54, 1.807) is 11.8 Å². The van der Waals surface area contributed by atoms with Crippen molar-refractivity contribution in [3.8, 4) is 0 Å². The lowest BCUT2D eigenvalue weighted by atomic mass is 10.2. The molecule has 0 radical (unpaired) electrons. The maximum Gasteiger partial charge on any atom is 0.104 e. The van der Waals surface area contributed by atoms with Crippen molar-refractivity contribution in [2.24, 2.45) is 0 Å². The topological polar surface area (TPSA) is 18.5 Å². The average molecular weight is 320 g/mol. The number of hydrogen-bond acceptors (Lipinski definition) is 4. The third kappa shape index (κ3) is 2.98. The number of halogens is 1. The quantitative estimate of drug-likeness (QED) is 0.908. The van der Waals surface area contributed by atoms with Gasteiger partial charge in [0.05, 0.1) is 16.4 Å². The summed E-state index contributed by atoms with van der Waals surface area (Å²) in [6.45, 7) is 0.877. The van der Waals surface area contributed by atoms with Gasteiger partial charge in [-0.1, -0.05) is 41.6 Å². The van der Waals surface area contributed by atoms with Crippen molar-refractivity contribution in [1.29, 1.82) is 0 Å². The van der Waals surface area contributed by atoms with E-state index >= 15 is 0 Å². The van der Waals surface area contributed by atoms with Gasteiger partial charge in [-0.2, -0.15) is 0 Å². The van der Waals surface area contributed by atoms with Crippen LogP contribution < -0.4 is 10.2 Å². The van der Waals surface area contributed by atoms with E-state index in [-0.39, 0.29) is 0 Å².